The number of hydrogen-bond acceptors (Lipinski definition) is 25. The third-order valence-electron chi connectivity index (χ3n) is 16.4. The number of carbonyl (C=O) groups excluding carboxylic acids is 7. The number of nitrogens with one attached hydrogen (secondary N) is 2. The van der Waals surface area contributed by atoms with Crippen molar-refractivity contribution in [3.63, 3.8) is 0 Å². The van der Waals surface area contributed by atoms with E-state index < -0.39 is 71.1 Å². The first kappa shape index (κ1) is 83.8. The molecule has 3 amide bonds. The summed E-state index contributed by atoms with van der Waals surface area (Å²) < 4.78 is 72.9. The van der Waals surface area contributed by atoms with Crippen LogP contribution in [0, 0.1) is 0 Å². The Labute approximate surface area is 563 Å². The Kier molecular flexibility index (Phi) is 41.4. The van der Waals surface area contributed by atoms with Gasteiger partial charge in [-0.15, -0.1) is 0 Å². The molecule has 0 aromatic carbocycles. The number of phosphoric acid groups is 1. The third-order valence-corrected chi connectivity index (χ3v) is 18.5. The van der Waals surface area contributed by atoms with E-state index >= 15 is 0 Å². The topological polar surface area (TPSA) is 452 Å². The fraction of sp³-hybridized carbons (Fsp3) is 0.810. The van der Waals surface area contributed by atoms with Crippen molar-refractivity contribution in [2.45, 2.75) is 229 Å². The number of anilines is 1. The number of likely N-dealkylation sites (tertiary alicyclic amines) is 1. The van der Waals surface area contributed by atoms with E-state index in [-0.39, 0.29) is 157 Å². The maximum Gasteiger partial charge on any atom is 0.472 e. The van der Waals surface area contributed by atoms with Gasteiger partial charge in [-0.2, -0.15) is 0 Å². The number of nitrogens with two attached hydrogens (primary N) is 2. The molecule has 548 valence electrons. The monoisotopic (exact) mass is 1410 g/mol. The summed E-state index contributed by atoms with van der Waals surface area (Å²) in [6.07, 6.45) is 11.5. The fourth-order valence-electron chi connectivity index (χ4n) is 11.1. The van der Waals surface area contributed by atoms with Crippen molar-refractivity contribution in [3.05, 3.63) is 12.7 Å². The number of hydrogen-bond donors (Lipinski definition) is 9. The smallest absolute Gasteiger partial charge is 0.396 e. The number of aromatic nitrogens is 4. The standard InChI is InChI=1S/C63H109N9O22P2/c1-87-47-95(83,84)91-41-55-54(38-59(93-55)72-46-69-60-61(65)67-45-68-62(60)72)94-96(85,86)92-40-48-37-53(79)39-71(48)58(82)26-10-5-3-2-4-9-25-57(81)70-63(43-89-35-28-52(78)21-11-15-30-64,42-88-34-27-51(77)20-8-6-7-19-49(75)23-13-17-32-73)44-90-36-29-56(80)66-31-16-12-22-50(76)24-14-18-33-74/h45-46,48,53-55,59,73-74,79H,2-44,47,64H2,1H3,(H,66,80)(H,70,81)(H,83,84)(H,85,86)(H2,65,67,68)/t48-,53+,54-,55+,59+,63?/m0/s1. The van der Waals surface area contributed by atoms with Crippen LogP contribution in [-0.4, -0.2) is 219 Å². The third kappa shape index (κ3) is 34.4. The second-order valence-corrected chi connectivity index (χ2v) is 28.0. The summed E-state index contributed by atoms with van der Waals surface area (Å²) in [5.41, 5.74) is 10.9. The van der Waals surface area contributed by atoms with Gasteiger partial charge in [-0.05, 0) is 90.0 Å². The molecule has 2 aromatic rings. The minimum Gasteiger partial charge on any atom is -0.396 e. The van der Waals surface area contributed by atoms with Crippen molar-refractivity contribution in [1.29, 1.82) is 0 Å². The summed E-state index contributed by atoms with van der Waals surface area (Å²) in [6.45, 7) is -0.377. The van der Waals surface area contributed by atoms with E-state index in [9.17, 15) is 57.6 Å². The van der Waals surface area contributed by atoms with Gasteiger partial charge < -0.3 is 80.3 Å². The molecule has 0 radical (unpaired) electrons. The number of amides is 3. The van der Waals surface area contributed by atoms with Crippen molar-refractivity contribution in [1.82, 2.24) is 35.1 Å². The Morgan fingerprint density at radius 3 is 1.77 bits per heavy atom. The quantitative estimate of drug-likeness (QED) is 0.0306. The normalized spacial score (nSPS) is 19.1. The number of unbranched alkanes of at least 4 members (excludes halogenated alkanes) is 11. The van der Waals surface area contributed by atoms with Crippen LogP contribution in [0.2, 0.25) is 0 Å². The lowest BCUT2D eigenvalue weighted by atomic mass is 10.0. The van der Waals surface area contributed by atoms with Gasteiger partial charge in [-0.3, -0.25) is 51.7 Å². The van der Waals surface area contributed by atoms with E-state index in [2.05, 4.69) is 25.6 Å². The van der Waals surface area contributed by atoms with E-state index in [4.69, 9.17) is 58.9 Å². The average molecular weight is 1410 g/mol. The molecule has 11 N–H and O–H groups in total. The van der Waals surface area contributed by atoms with Crippen LogP contribution in [0.4, 0.5) is 5.82 Å². The Morgan fingerprint density at radius 1 is 0.646 bits per heavy atom. The van der Waals surface area contributed by atoms with E-state index in [1.807, 2.05) is 0 Å². The van der Waals surface area contributed by atoms with Gasteiger partial charge in [0.05, 0.1) is 71.3 Å². The first-order valence-corrected chi connectivity index (χ1v) is 37.3. The number of β-amino-alcohol motifs (C(OH)–C–C–N with tert-alkyl or cyclic N) is 1. The number of ketones is 4. The Balaban J connectivity index is 1.28. The molecule has 2 saturated heterocycles. The van der Waals surface area contributed by atoms with Crippen LogP contribution < -0.4 is 22.1 Å². The number of nitrogens with zero attached hydrogens (tertiary/aromatic N) is 5. The predicted molar refractivity (Wildman–Crippen MR) is 352 cm³/mol. The summed E-state index contributed by atoms with van der Waals surface area (Å²) >= 11 is 0. The Hall–Kier alpha value is -4.66. The maximum atomic E-state index is 13.9. The number of aliphatic hydroxyl groups is 3. The van der Waals surface area contributed by atoms with Crippen LogP contribution >= 0.6 is 15.4 Å². The molecule has 31 nitrogen and oxygen atoms in total. The number of rotatable bonds is 59. The minimum atomic E-state index is -4.93. The lowest BCUT2D eigenvalue weighted by Gasteiger charge is -2.34. The molecule has 4 heterocycles. The second kappa shape index (κ2) is 47.4. The summed E-state index contributed by atoms with van der Waals surface area (Å²) in [5, 5.41) is 34.5. The number of aliphatic hydroxyl groups excluding tert-OH is 3. The molecule has 0 spiro atoms. The van der Waals surface area contributed by atoms with Gasteiger partial charge in [0, 0.05) is 110 Å². The van der Waals surface area contributed by atoms with Gasteiger partial charge >= 0.3 is 15.4 Å². The number of phosphoric ester groups is 1. The molecule has 4 rings (SSSR count). The second-order valence-electron chi connectivity index (χ2n) is 24.8. The van der Waals surface area contributed by atoms with Crippen LogP contribution in [0.15, 0.2) is 12.7 Å². The Morgan fingerprint density at radius 2 is 1.18 bits per heavy atom. The average Bonchev–Trinajstić information content (AvgIpc) is 1.64. The van der Waals surface area contributed by atoms with Gasteiger partial charge in [0.15, 0.2) is 11.5 Å². The number of nitrogen functional groups attached to an aromatic ring is 1. The highest BCUT2D eigenvalue weighted by Gasteiger charge is 2.45. The molecule has 0 bridgehead atoms. The van der Waals surface area contributed by atoms with E-state index in [0.29, 0.717) is 154 Å². The van der Waals surface area contributed by atoms with Crippen molar-refractivity contribution in [3.8, 4) is 0 Å². The molecule has 3 unspecified atom stereocenters. The van der Waals surface area contributed by atoms with Gasteiger partial charge in [0.2, 0.25) is 17.7 Å². The SMILES string of the molecule is COCP(=O)(O)OC[C@H]1O[C@@H](n2cnc3c(N)ncnc32)C[C@@H]1OP(=O)(O)OC[C@@H]1C[C@@H](O)CN1C(=O)CCCCCCCCC(=O)NC(COCCC(=O)CCCCN)(COCCC(=O)CCCCCC(=O)CCCCO)COCCC(=O)NCCCCC(=O)CCCCO. The number of ether oxygens (including phenoxy) is 5. The highest BCUT2D eigenvalue weighted by molar-refractivity contribution is 7.52. The lowest BCUT2D eigenvalue weighted by molar-refractivity contribution is -0.133. The molecule has 2 aliphatic heterocycles. The van der Waals surface area contributed by atoms with Crippen LogP contribution in [0.1, 0.15) is 199 Å². The molecule has 2 fully saturated rings. The van der Waals surface area contributed by atoms with Crippen LogP contribution in [0.3, 0.4) is 0 Å². The number of Topliss-reactive ketones (excluding diaryl/α,β-unsaturated/α-hetero) is 4. The molecule has 8 atom stereocenters. The van der Waals surface area contributed by atoms with Crippen molar-refractivity contribution in [2.24, 2.45) is 5.73 Å². The summed E-state index contributed by atoms with van der Waals surface area (Å²) in [7, 11) is -7.97. The molecule has 0 saturated carbocycles. The minimum absolute atomic E-state index is 0.00138. The first-order valence-electron chi connectivity index (χ1n) is 34.1. The van der Waals surface area contributed by atoms with Crippen molar-refractivity contribution in [2.75, 3.05) is 105 Å². The summed E-state index contributed by atoms with van der Waals surface area (Å²) in [4.78, 5) is 125. The number of methoxy groups -OCH3 is 1. The largest absolute Gasteiger partial charge is 0.472 e. The highest BCUT2D eigenvalue weighted by atomic mass is 31.2. The molecule has 0 aliphatic carbocycles. The zero-order chi connectivity index (χ0) is 70.0. The molecule has 96 heavy (non-hydrogen) atoms. The van der Waals surface area contributed by atoms with Crippen molar-refractivity contribution < 1.29 is 105 Å². The van der Waals surface area contributed by atoms with Gasteiger partial charge in [0.1, 0.15) is 65.3 Å². The van der Waals surface area contributed by atoms with Gasteiger partial charge in [-0.1, -0.05) is 32.1 Å². The lowest BCUT2D eigenvalue weighted by Crippen LogP contribution is -2.58. The van der Waals surface area contributed by atoms with Gasteiger partial charge in [-0.25, -0.2) is 19.5 Å². The Bertz CT molecular complexity index is 2680. The highest BCUT2D eigenvalue weighted by Crippen LogP contribution is 2.50. The van der Waals surface area contributed by atoms with Crippen LogP contribution in [-0.2, 0) is 79.9 Å². The number of fused-ring (bicyclic) bond motifs is 1. The van der Waals surface area contributed by atoms with E-state index in [1.165, 1.54) is 29.2 Å². The number of imidazole rings is 1. The zero-order valence-electron chi connectivity index (χ0n) is 56.1. The summed E-state index contributed by atoms with van der Waals surface area (Å²) in [5.74, 6) is -0.526. The molecule has 2 aliphatic rings. The molecule has 33 heteroatoms. The number of carbonyl (C=O) groups is 7. The molecule has 2 aromatic heterocycles. The predicted octanol–water partition coefficient (Wildman–Crippen LogP) is 5.13. The molecular formula is C63H109N9O22P2. The zero-order valence-corrected chi connectivity index (χ0v) is 57.9. The van der Waals surface area contributed by atoms with Crippen LogP contribution in [0.5, 0.6) is 0 Å². The van der Waals surface area contributed by atoms with Gasteiger partial charge in [0.25, 0.3) is 0 Å². The van der Waals surface area contributed by atoms with E-state index in [0.717, 1.165) is 12.8 Å². The molecular weight excluding hydrogens is 1300 g/mol. The van der Waals surface area contributed by atoms with Crippen LogP contribution in [0.25, 0.3) is 11.2 Å². The maximum absolute atomic E-state index is 13.9. The summed E-state index contributed by atoms with van der Waals surface area (Å²) in [6, 6.07) is -0.767. The fourth-order valence-corrected chi connectivity index (χ4v) is 12.9. The van der Waals surface area contributed by atoms with E-state index in [1.54, 1.807) is 0 Å². The first-order chi connectivity index (χ1) is 46.1. The van der Waals surface area contributed by atoms with Crippen molar-refractivity contribution >= 4 is 73.3 Å².